The summed E-state index contributed by atoms with van der Waals surface area (Å²) in [5.41, 5.74) is 2.61. The van der Waals surface area contributed by atoms with Gasteiger partial charge in [0, 0.05) is 35.0 Å². The van der Waals surface area contributed by atoms with E-state index in [1.807, 2.05) is 0 Å². The van der Waals surface area contributed by atoms with Gasteiger partial charge in [0.1, 0.15) is 0 Å². The topological polar surface area (TPSA) is 7.76 Å². The molecule has 2 aromatic heterocycles. The van der Waals surface area contributed by atoms with Crippen LogP contribution in [0.3, 0.4) is 0 Å². The van der Waals surface area contributed by atoms with E-state index in [0.717, 1.165) is 19.5 Å². The maximum absolute atomic E-state index is 2.35. The fourth-order valence-electron chi connectivity index (χ4n) is 3.24. The summed E-state index contributed by atoms with van der Waals surface area (Å²) in [6.07, 6.45) is 5.46. The lowest BCUT2D eigenvalue weighted by molar-refractivity contribution is -0.702. The molecule has 0 fully saturated rings. The fourth-order valence-corrected chi connectivity index (χ4v) is 3.24. The van der Waals surface area contributed by atoms with Crippen molar-refractivity contribution in [3.8, 4) is 0 Å². The Kier molecular flexibility index (Phi) is 11.1. The van der Waals surface area contributed by atoms with E-state index in [2.05, 4.69) is 94.3 Å². The Hall–Kier alpha value is -1.78. The standard InChI is InChI=1S/C21H20N2.2CH4.2BrH/c1-3-12-20-18(8-1)10-5-14-22(20)16-7-17-23-15-6-11-19-9-2-4-13-21(19)23;;;;/h1-6,8-15H,7,16-17H2;2*1H4;2*1H/q+2;;;;/p-2. The van der Waals surface area contributed by atoms with Crippen molar-refractivity contribution in [1.29, 1.82) is 0 Å². The van der Waals surface area contributed by atoms with Gasteiger partial charge in [0.05, 0.1) is 6.42 Å². The van der Waals surface area contributed by atoms with Crippen LogP contribution in [0, 0.1) is 0 Å². The number of rotatable bonds is 4. The highest BCUT2D eigenvalue weighted by Crippen LogP contribution is 2.09. The molecular weight excluding hydrogens is 464 g/mol. The zero-order valence-electron chi connectivity index (χ0n) is 13.9. The van der Waals surface area contributed by atoms with Crippen LogP contribution in [0.4, 0.5) is 0 Å². The molecule has 0 N–H and O–H groups in total. The van der Waals surface area contributed by atoms with Gasteiger partial charge in [-0.1, -0.05) is 39.1 Å². The van der Waals surface area contributed by atoms with Gasteiger partial charge in [-0.15, -0.1) is 0 Å². The van der Waals surface area contributed by atoms with Gasteiger partial charge in [0.15, 0.2) is 25.5 Å². The lowest BCUT2D eigenvalue weighted by Gasteiger charge is -2.02. The molecule has 4 aromatic rings. The van der Waals surface area contributed by atoms with E-state index < -0.39 is 0 Å². The molecule has 4 rings (SSSR count). The van der Waals surface area contributed by atoms with Crippen LogP contribution in [0.1, 0.15) is 21.3 Å². The van der Waals surface area contributed by atoms with Crippen LogP contribution in [0.5, 0.6) is 0 Å². The molecule has 0 bridgehead atoms. The summed E-state index contributed by atoms with van der Waals surface area (Å²) in [6.45, 7) is 2.05. The van der Waals surface area contributed by atoms with E-state index in [1.54, 1.807) is 0 Å². The molecule has 0 amide bonds. The first-order valence-corrected chi connectivity index (χ1v) is 8.16. The van der Waals surface area contributed by atoms with Crippen LogP contribution in [0.25, 0.3) is 21.8 Å². The van der Waals surface area contributed by atoms with Gasteiger partial charge in [-0.05, 0) is 24.3 Å². The molecule has 0 spiro atoms. The third-order valence-corrected chi connectivity index (χ3v) is 4.37. The number of benzene rings is 2. The van der Waals surface area contributed by atoms with Gasteiger partial charge in [-0.25, -0.2) is 0 Å². The number of fused-ring (bicyclic) bond motifs is 2. The van der Waals surface area contributed by atoms with Gasteiger partial charge >= 0.3 is 0 Å². The number of halogens is 2. The molecule has 0 aliphatic rings. The highest BCUT2D eigenvalue weighted by Gasteiger charge is 2.11. The number of hydrogen-bond donors (Lipinski definition) is 0. The number of hydrogen-bond acceptors (Lipinski definition) is 0. The Labute approximate surface area is 184 Å². The molecule has 0 saturated carbocycles. The van der Waals surface area contributed by atoms with Crippen LogP contribution in [0.2, 0.25) is 0 Å². The Balaban J connectivity index is 0.00000169. The Morgan fingerprint density at radius 3 is 1.33 bits per heavy atom. The largest absolute Gasteiger partial charge is 1.00 e. The van der Waals surface area contributed by atoms with Gasteiger partial charge in [0.2, 0.25) is 11.0 Å². The summed E-state index contributed by atoms with van der Waals surface area (Å²) in [5.74, 6) is 0. The average molecular weight is 492 g/mol. The maximum atomic E-state index is 2.35. The van der Waals surface area contributed by atoms with Crippen LogP contribution < -0.4 is 43.1 Å². The van der Waals surface area contributed by atoms with Crippen molar-refractivity contribution < 1.29 is 43.1 Å². The van der Waals surface area contributed by atoms with E-state index in [4.69, 9.17) is 0 Å². The highest BCUT2D eigenvalue weighted by atomic mass is 79.9. The lowest BCUT2D eigenvalue weighted by atomic mass is 10.2. The van der Waals surface area contributed by atoms with Crippen molar-refractivity contribution in [2.24, 2.45) is 0 Å². The van der Waals surface area contributed by atoms with Crippen molar-refractivity contribution >= 4 is 21.8 Å². The third kappa shape index (κ3) is 5.60. The number of nitrogens with zero attached hydrogens (tertiary/aromatic N) is 2. The van der Waals surface area contributed by atoms with Crippen molar-refractivity contribution in [2.45, 2.75) is 34.4 Å². The molecule has 0 aliphatic heterocycles. The van der Waals surface area contributed by atoms with Crippen LogP contribution >= 0.6 is 0 Å². The molecule has 0 radical (unpaired) electrons. The summed E-state index contributed by atoms with van der Waals surface area (Å²) in [5, 5.41) is 2.60. The predicted molar refractivity (Wildman–Crippen MR) is 106 cm³/mol. The highest BCUT2D eigenvalue weighted by molar-refractivity contribution is 5.75. The van der Waals surface area contributed by atoms with Crippen molar-refractivity contribution in [1.82, 2.24) is 0 Å². The smallest absolute Gasteiger partial charge is 0.212 e. The third-order valence-electron chi connectivity index (χ3n) is 4.37. The molecule has 2 nitrogen and oxygen atoms in total. The number of para-hydroxylation sites is 2. The second-order valence-electron chi connectivity index (χ2n) is 5.87. The average Bonchev–Trinajstić information content (AvgIpc) is 2.62. The Bertz CT molecular complexity index is 880. The second kappa shape index (κ2) is 11.8. The van der Waals surface area contributed by atoms with E-state index in [1.165, 1.54) is 21.8 Å². The number of pyridine rings is 2. The number of aryl methyl sites for hydroxylation is 2. The van der Waals surface area contributed by atoms with E-state index in [-0.39, 0.29) is 48.8 Å². The van der Waals surface area contributed by atoms with Crippen LogP contribution in [0.15, 0.2) is 85.2 Å². The number of aromatic nitrogens is 2. The lowest BCUT2D eigenvalue weighted by Crippen LogP contribution is -3.00. The first-order chi connectivity index (χ1) is 11.4. The maximum Gasteiger partial charge on any atom is 0.212 e. The quantitative estimate of drug-likeness (QED) is 0.321. The molecule has 144 valence electrons. The molecule has 2 heterocycles. The molecule has 0 aliphatic carbocycles. The van der Waals surface area contributed by atoms with E-state index >= 15 is 0 Å². The van der Waals surface area contributed by atoms with Gasteiger partial charge in [0.25, 0.3) is 0 Å². The molecule has 2 aromatic carbocycles. The van der Waals surface area contributed by atoms with Gasteiger partial charge in [-0.2, -0.15) is 9.13 Å². The fraction of sp³-hybridized carbons (Fsp3) is 0.217. The molecule has 0 unspecified atom stereocenters. The Morgan fingerprint density at radius 2 is 0.889 bits per heavy atom. The zero-order valence-corrected chi connectivity index (χ0v) is 17.0. The summed E-state index contributed by atoms with van der Waals surface area (Å²) < 4.78 is 4.70. The minimum Gasteiger partial charge on any atom is -1.00 e. The predicted octanol–water partition coefficient (Wildman–Crippen LogP) is -1.06. The van der Waals surface area contributed by atoms with Crippen LogP contribution in [-0.4, -0.2) is 0 Å². The summed E-state index contributed by atoms with van der Waals surface area (Å²) in [4.78, 5) is 0. The van der Waals surface area contributed by atoms with Crippen LogP contribution in [-0.2, 0) is 13.1 Å². The molecular formula is C23H28Br2N2. The minimum atomic E-state index is 0. The van der Waals surface area contributed by atoms with Gasteiger partial charge < -0.3 is 34.0 Å². The van der Waals surface area contributed by atoms with Crippen molar-refractivity contribution in [3.63, 3.8) is 0 Å². The normalized spacial score (nSPS) is 9.48. The summed E-state index contributed by atoms with van der Waals surface area (Å²) in [6, 6.07) is 25.8. The monoisotopic (exact) mass is 490 g/mol. The van der Waals surface area contributed by atoms with E-state index in [9.17, 15) is 0 Å². The van der Waals surface area contributed by atoms with Crippen molar-refractivity contribution in [3.05, 3.63) is 85.2 Å². The van der Waals surface area contributed by atoms with Gasteiger partial charge in [-0.3, -0.25) is 0 Å². The first kappa shape index (κ1) is 25.2. The zero-order chi connectivity index (χ0) is 15.5. The summed E-state index contributed by atoms with van der Waals surface area (Å²) >= 11 is 0. The Morgan fingerprint density at radius 1 is 0.519 bits per heavy atom. The molecule has 4 heteroatoms. The van der Waals surface area contributed by atoms with E-state index in [0.29, 0.717) is 0 Å². The minimum absolute atomic E-state index is 0. The van der Waals surface area contributed by atoms with Crippen molar-refractivity contribution in [2.75, 3.05) is 0 Å². The first-order valence-electron chi connectivity index (χ1n) is 8.16. The SMILES string of the molecule is C.C.[Br-].[Br-].c1ccc2c(c1)ccc[n+]2CCC[n+]1cccc2ccccc21. The second-order valence-corrected chi connectivity index (χ2v) is 5.87. The summed E-state index contributed by atoms with van der Waals surface area (Å²) in [7, 11) is 0. The molecule has 0 saturated heterocycles. The molecule has 0 atom stereocenters. The molecule has 27 heavy (non-hydrogen) atoms.